The van der Waals surface area contributed by atoms with E-state index in [4.69, 9.17) is 0 Å². The van der Waals surface area contributed by atoms with Gasteiger partial charge >= 0.3 is 0 Å². The van der Waals surface area contributed by atoms with Crippen molar-refractivity contribution in [2.75, 3.05) is 0 Å². The van der Waals surface area contributed by atoms with E-state index in [0.29, 0.717) is 16.8 Å². The molecule has 124 valence electrons. The molecule has 0 spiro atoms. The summed E-state index contributed by atoms with van der Waals surface area (Å²) < 4.78 is 0.728. The molecule has 0 fully saturated rings. The van der Waals surface area contributed by atoms with Gasteiger partial charge in [0.2, 0.25) is 5.71 Å². The average Bonchev–Trinajstić information content (AvgIpc) is 2.77. The fraction of sp³-hybridized carbons (Fsp3) is 0.235. The molecule has 0 amide bonds. The average molecular weight is 327 g/mol. The molecule has 3 rings (SSSR count). The Morgan fingerprint density at radius 1 is 1.21 bits per heavy atom. The molecule has 1 aliphatic heterocycles. The monoisotopic (exact) mass is 327 g/mol. The number of hydrogen-bond acceptors (Lipinski definition) is 5. The topological polar surface area (TPSA) is 92.7 Å². The van der Waals surface area contributed by atoms with Gasteiger partial charge in [-0.05, 0) is 25.1 Å². The van der Waals surface area contributed by atoms with Crippen molar-refractivity contribution >= 4 is 11.4 Å². The number of hydroxylamine groups is 3. The van der Waals surface area contributed by atoms with Gasteiger partial charge < -0.3 is 10.4 Å². The quantitative estimate of drug-likeness (QED) is 0.405. The minimum Gasteiger partial charge on any atom is -0.622 e. The van der Waals surface area contributed by atoms with Crippen LogP contribution >= 0.6 is 0 Å². The highest BCUT2D eigenvalue weighted by Crippen LogP contribution is 2.37. The van der Waals surface area contributed by atoms with Crippen LogP contribution in [0.15, 0.2) is 54.6 Å². The molecule has 0 saturated heterocycles. The molecule has 24 heavy (non-hydrogen) atoms. The Hall–Kier alpha value is -2.77. The van der Waals surface area contributed by atoms with Crippen molar-refractivity contribution in [2.45, 2.75) is 25.6 Å². The van der Waals surface area contributed by atoms with Crippen molar-refractivity contribution < 1.29 is 14.9 Å². The molecule has 7 nitrogen and oxygen atoms in total. The van der Waals surface area contributed by atoms with Gasteiger partial charge in [0.15, 0.2) is 0 Å². The van der Waals surface area contributed by atoms with Gasteiger partial charge in [-0.2, -0.15) is 4.74 Å². The van der Waals surface area contributed by atoms with E-state index in [9.17, 15) is 20.5 Å². The molecular weight excluding hydrogens is 310 g/mol. The number of hydrogen-bond donors (Lipinski definition) is 1. The number of nitro benzene ring substituents is 1. The zero-order valence-corrected chi connectivity index (χ0v) is 13.3. The van der Waals surface area contributed by atoms with Crippen LogP contribution < -0.4 is 0 Å². The van der Waals surface area contributed by atoms with Gasteiger partial charge in [0, 0.05) is 30.2 Å². The maximum absolute atomic E-state index is 13.0. The molecule has 2 unspecified atom stereocenters. The third-order valence-corrected chi connectivity index (χ3v) is 4.50. The predicted molar refractivity (Wildman–Crippen MR) is 87.7 cm³/mol. The van der Waals surface area contributed by atoms with Crippen LogP contribution in [0.2, 0.25) is 0 Å². The number of benzene rings is 2. The number of nitrogens with zero attached hydrogens (tertiary/aromatic N) is 3. The van der Waals surface area contributed by atoms with Gasteiger partial charge in [0.1, 0.15) is 6.04 Å². The summed E-state index contributed by atoms with van der Waals surface area (Å²) in [4.78, 5) is 10.5. The molecule has 2 atom stereocenters. The lowest BCUT2D eigenvalue weighted by Crippen LogP contribution is -2.45. The van der Waals surface area contributed by atoms with Gasteiger partial charge in [0.25, 0.3) is 11.4 Å². The van der Waals surface area contributed by atoms with Crippen molar-refractivity contribution in [3.8, 4) is 0 Å². The minimum absolute atomic E-state index is 0.128. The zero-order chi connectivity index (χ0) is 17.5. The van der Waals surface area contributed by atoms with Crippen LogP contribution in [-0.4, -0.2) is 31.7 Å². The Kier molecular flexibility index (Phi) is 3.82. The molecule has 1 aliphatic rings. The first kappa shape index (κ1) is 16.1. The van der Waals surface area contributed by atoms with E-state index in [1.807, 2.05) is 18.2 Å². The lowest BCUT2D eigenvalue weighted by Gasteiger charge is -2.29. The second-order valence-electron chi connectivity index (χ2n) is 5.89. The van der Waals surface area contributed by atoms with E-state index in [-0.39, 0.29) is 5.69 Å². The summed E-state index contributed by atoms with van der Waals surface area (Å²) in [5, 5.41) is 35.6. The third-order valence-electron chi connectivity index (χ3n) is 4.50. The maximum atomic E-state index is 13.0. The summed E-state index contributed by atoms with van der Waals surface area (Å²) in [5.41, 5.74) is -0.111. The lowest BCUT2D eigenvalue weighted by molar-refractivity contribution is -0.595. The van der Waals surface area contributed by atoms with Crippen molar-refractivity contribution in [3.05, 3.63) is 81.0 Å². The first-order chi connectivity index (χ1) is 11.4. The third kappa shape index (κ3) is 2.26. The standard InChI is InChI=1S/C17H17N3O4/c1-12-16(13-7-4-3-5-8-13)19(22)17(2,18(12)21)14-9-6-10-15(11-14)20(23)24/h3-12,21H,1-2H3. The number of non-ortho nitro benzene ring substituents is 1. The maximum Gasteiger partial charge on any atom is 0.274 e. The van der Waals surface area contributed by atoms with Gasteiger partial charge in [-0.15, -0.1) is 5.06 Å². The van der Waals surface area contributed by atoms with Crippen molar-refractivity contribution in [1.82, 2.24) is 5.06 Å². The molecule has 0 saturated carbocycles. The molecule has 0 aliphatic carbocycles. The van der Waals surface area contributed by atoms with Crippen LogP contribution in [0.25, 0.3) is 0 Å². The highest BCUT2D eigenvalue weighted by atomic mass is 16.6. The first-order valence-electron chi connectivity index (χ1n) is 7.50. The summed E-state index contributed by atoms with van der Waals surface area (Å²) in [6.45, 7) is 3.27. The van der Waals surface area contributed by atoms with E-state index in [2.05, 4.69) is 0 Å². The molecule has 2 aromatic rings. The van der Waals surface area contributed by atoms with Crippen molar-refractivity contribution in [1.29, 1.82) is 0 Å². The molecule has 7 heteroatoms. The number of nitro groups is 1. The highest BCUT2D eigenvalue weighted by Gasteiger charge is 2.54. The molecule has 0 aromatic heterocycles. The van der Waals surface area contributed by atoms with Gasteiger partial charge in [-0.3, -0.25) is 10.1 Å². The Bertz CT molecular complexity index is 822. The Labute approximate surface area is 138 Å². The molecule has 0 bridgehead atoms. The summed E-state index contributed by atoms with van der Waals surface area (Å²) in [5.74, 6) is 0. The molecular formula is C17H17N3O4. The van der Waals surface area contributed by atoms with E-state index in [1.165, 1.54) is 18.2 Å². The fourth-order valence-corrected chi connectivity index (χ4v) is 3.12. The molecule has 2 aromatic carbocycles. The smallest absolute Gasteiger partial charge is 0.274 e. The molecule has 0 radical (unpaired) electrons. The Morgan fingerprint density at radius 3 is 2.50 bits per heavy atom. The summed E-state index contributed by atoms with van der Waals surface area (Å²) >= 11 is 0. The normalized spacial score (nSPS) is 24.4. The van der Waals surface area contributed by atoms with Crippen LogP contribution in [0.4, 0.5) is 5.69 Å². The molecule has 1 N–H and O–H groups in total. The second-order valence-corrected chi connectivity index (χ2v) is 5.89. The summed E-state index contributed by atoms with van der Waals surface area (Å²) in [7, 11) is 0. The first-order valence-corrected chi connectivity index (χ1v) is 7.50. The van der Waals surface area contributed by atoms with Crippen molar-refractivity contribution in [3.63, 3.8) is 0 Å². The summed E-state index contributed by atoms with van der Waals surface area (Å²) in [6.07, 6.45) is 0. The van der Waals surface area contributed by atoms with E-state index >= 15 is 0 Å². The Balaban J connectivity index is 2.17. The highest BCUT2D eigenvalue weighted by molar-refractivity contribution is 6.01. The van der Waals surface area contributed by atoms with E-state index in [1.54, 1.807) is 32.0 Å². The zero-order valence-electron chi connectivity index (χ0n) is 13.3. The minimum atomic E-state index is -1.45. The van der Waals surface area contributed by atoms with Crippen LogP contribution in [0.5, 0.6) is 0 Å². The van der Waals surface area contributed by atoms with Gasteiger partial charge in [-0.25, -0.2) is 0 Å². The lowest BCUT2D eigenvalue weighted by atomic mass is 10.0. The Morgan fingerprint density at radius 2 is 1.88 bits per heavy atom. The van der Waals surface area contributed by atoms with Crippen LogP contribution in [-0.2, 0) is 5.66 Å². The van der Waals surface area contributed by atoms with E-state index < -0.39 is 16.6 Å². The van der Waals surface area contributed by atoms with Gasteiger partial charge in [0.05, 0.1) is 4.92 Å². The van der Waals surface area contributed by atoms with Crippen LogP contribution in [0.1, 0.15) is 25.0 Å². The van der Waals surface area contributed by atoms with Crippen LogP contribution in [0, 0.1) is 15.3 Å². The molecule has 1 heterocycles. The second kappa shape index (κ2) is 5.70. The summed E-state index contributed by atoms with van der Waals surface area (Å²) in [6, 6.07) is 14.3. The van der Waals surface area contributed by atoms with Gasteiger partial charge in [-0.1, -0.05) is 24.3 Å². The van der Waals surface area contributed by atoms with Crippen LogP contribution in [0.3, 0.4) is 0 Å². The van der Waals surface area contributed by atoms with E-state index in [0.717, 1.165) is 9.80 Å². The largest absolute Gasteiger partial charge is 0.622 e. The predicted octanol–water partition coefficient (Wildman–Crippen LogP) is 2.86. The SMILES string of the molecule is CC1C(c2ccccc2)=[N+]([O-])C(C)(c2cccc([N+](=O)[O-])c2)N1O. The number of rotatable bonds is 3. The fourth-order valence-electron chi connectivity index (χ4n) is 3.12. The van der Waals surface area contributed by atoms with Crippen molar-refractivity contribution in [2.24, 2.45) is 0 Å².